The predicted octanol–water partition coefficient (Wildman–Crippen LogP) is 2.79. The van der Waals surface area contributed by atoms with Gasteiger partial charge in [-0.25, -0.2) is 0 Å². The minimum absolute atomic E-state index is 0.0436. The summed E-state index contributed by atoms with van der Waals surface area (Å²) in [6.07, 6.45) is 3.76. The van der Waals surface area contributed by atoms with Crippen molar-refractivity contribution in [2.45, 2.75) is 59.5 Å². The van der Waals surface area contributed by atoms with Crippen molar-refractivity contribution in [2.24, 2.45) is 28.1 Å². The van der Waals surface area contributed by atoms with Gasteiger partial charge in [-0.1, -0.05) is 34.1 Å². The second-order valence-corrected chi connectivity index (χ2v) is 7.77. The molecule has 5 unspecified atom stereocenters. The highest BCUT2D eigenvalue weighted by molar-refractivity contribution is 5.87. The molecule has 1 N–H and O–H groups in total. The van der Waals surface area contributed by atoms with Crippen molar-refractivity contribution in [1.82, 2.24) is 0 Å². The van der Waals surface area contributed by atoms with Crippen molar-refractivity contribution >= 4 is 5.78 Å². The van der Waals surface area contributed by atoms with Gasteiger partial charge < -0.3 is 5.11 Å². The molecular formula is C15H24O2. The first-order valence-electron chi connectivity index (χ1n) is 6.95. The summed E-state index contributed by atoms with van der Waals surface area (Å²) in [6.45, 7) is 8.89. The van der Waals surface area contributed by atoms with Crippen LogP contribution in [0, 0.1) is 28.1 Å². The molecule has 0 aliphatic heterocycles. The zero-order chi connectivity index (χ0) is 12.6. The van der Waals surface area contributed by atoms with Gasteiger partial charge in [-0.15, -0.1) is 0 Å². The Morgan fingerprint density at radius 2 is 1.76 bits per heavy atom. The summed E-state index contributed by atoms with van der Waals surface area (Å²) in [4.78, 5) is 12.3. The standard InChI is InChI=1S/C15H24O2/c1-13(2)6-5-7-14(3)10-9(16)8-15(14,4)12(17)11(10)13/h10-12,17H,5-8H2,1-4H3. The lowest BCUT2D eigenvalue weighted by Gasteiger charge is -2.44. The van der Waals surface area contributed by atoms with Gasteiger partial charge in [0.25, 0.3) is 0 Å². The molecule has 96 valence electrons. The smallest absolute Gasteiger partial charge is 0.137 e. The quantitative estimate of drug-likeness (QED) is 0.702. The van der Waals surface area contributed by atoms with E-state index in [1.807, 2.05) is 0 Å². The molecular weight excluding hydrogens is 212 g/mol. The maximum Gasteiger partial charge on any atom is 0.137 e. The molecule has 0 aromatic heterocycles. The SMILES string of the molecule is CC1(C)CCCC2(C)C3C(=O)CC2(C)C(O)C31. The fourth-order valence-electron chi connectivity index (χ4n) is 5.40. The van der Waals surface area contributed by atoms with E-state index in [2.05, 4.69) is 27.7 Å². The number of carbonyl (C=O) groups excluding carboxylic acids is 1. The Kier molecular flexibility index (Phi) is 2.04. The van der Waals surface area contributed by atoms with Gasteiger partial charge in [0.1, 0.15) is 5.78 Å². The van der Waals surface area contributed by atoms with Crippen molar-refractivity contribution in [3.05, 3.63) is 0 Å². The molecule has 3 rings (SSSR count). The van der Waals surface area contributed by atoms with E-state index in [-0.39, 0.29) is 34.2 Å². The van der Waals surface area contributed by atoms with E-state index < -0.39 is 0 Å². The summed E-state index contributed by atoms with van der Waals surface area (Å²) < 4.78 is 0. The van der Waals surface area contributed by atoms with Gasteiger partial charge in [-0.3, -0.25) is 4.79 Å². The number of aliphatic hydroxyl groups excluding tert-OH is 1. The summed E-state index contributed by atoms with van der Waals surface area (Å²) in [6, 6.07) is 0. The average Bonchev–Trinajstić information content (AvgIpc) is 2.44. The van der Waals surface area contributed by atoms with Crippen molar-refractivity contribution in [3.63, 3.8) is 0 Å². The number of carbonyl (C=O) groups is 1. The molecule has 0 heterocycles. The monoisotopic (exact) mass is 236 g/mol. The Balaban J connectivity index is 2.19. The lowest BCUT2D eigenvalue weighted by molar-refractivity contribution is -0.132. The number of hydrogen-bond acceptors (Lipinski definition) is 2. The fourth-order valence-corrected chi connectivity index (χ4v) is 5.40. The van der Waals surface area contributed by atoms with Crippen LogP contribution in [0.1, 0.15) is 53.4 Å². The van der Waals surface area contributed by atoms with Crippen LogP contribution in [0.2, 0.25) is 0 Å². The van der Waals surface area contributed by atoms with E-state index in [9.17, 15) is 9.90 Å². The Bertz CT molecular complexity index is 386. The molecule has 2 heteroatoms. The van der Waals surface area contributed by atoms with E-state index in [0.717, 1.165) is 12.8 Å². The second kappa shape index (κ2) is 2.96. The van der Waals surface area contributed by atoms with Crippen molar-refractivity contribution < 1.29 is 9.90 Å². The highest BCUT2D eigenvalue weighted by Gasteiger charge is 2.73. The highest BCUT2D eigenvalue weighted by Crippen LogP contribution is 2.72. The minimum Gasteiger partial charge on any atom is -0.392 e. The first-order valence-corrected chi connectivity index (χ1v) is 6.95. The van der Waals surface area contributed by atoms with Gasteiger partial charge in [-0.05, 0) is 23.7 Å². The van der Waals surface area contributed by atoms with Crippen molar-refractivity contribution in [2.75, 3.05) is 0 Å². The fraction of sp³-hybridized carbons (Fsp3) is 0.933. The molecule has 3 fully saturated rings. The van der Waals surface area contributed by atoms with E-state index in [0.29, 0.717) is 12.2 Å². The summed E-state index contributed by atoms with van der Waals surface area (Å²) in [5.41, 5.74) is -0.0191. The van der Waals surface area contributed by atoms with Gasteiger partial charge >= 0.3 is 0 Å². The number of Topliss-reactive ketones (excluding diaryl/α,β-unsaturated/α-hetero) is 1. The van der Waals surface area contributed by atoms with Crippen molar-refractivity contribution in [3.8, 4) is 0 Å². The van der Waals surface area contributed by atoms with Crippen LogP contribution < -0.4 is 0 Å². The third kappa shape index (κ3) is 1.09. The molecule has 17 heavy (non-hydrogen) atoms. The normalized spacial score (nSPS) is 56.1. The van der Waals surface area contributed by atoms with Crippen LogP contribution in [-0.2, 0) is 4.79 Å². The number of aliphatic hydroxyl groups is 1. The average molecular weight is 236 g/mol. The molecule has 0 spiro atoms. The highest BCUT2D eigenvalue weighted by atomic mass is 16.3. The molecule has 3 saturated carbocycles. The minimum atomic E-state index is -0.287. The van der Waals surface area contributed by atoms with Crippen LogP contribution >= 0.6 is 0 Å². The Labute approximate surface area is 104 Å². The lowest BCUT2D eigenvalue weighted by atomic mass is 9.63. The van der Waals surface area contributed by atoms with Gasteiger partial charge in [0.15, 0.2) is 0 Å². The summed E-state index contributed by atoms with van der Waals surface area (Å²) in [7, 11) is 0. The van der Waals surface area contributed by atoms with E-state index >= 15 is 0 Å². The van der Waals surface area contributed by atoms with Gasteiger partial charge in [0.2, 0.25) is 0 Å². The lowest BCUT2D eigenvalue weighted by Crippen LogP contribution is -2.45. The molecule has 5 atom stereocenters. The molecule has 0 saturated heterocycles. The van der Waals surface area contributed by atoms with Crippen LogP contribution in [0.4, 0.5) is 0 Å². The summed E-state index contributed by atoms with van der Waals surface area (Å²) in [5.74, 6) is 0.710. The predicted molar refractivity (Wildman–Crippen MR) is 66.5 cm³/mol. The topological polar surface area (TPSA) is 37.3 Å². The summed E-state index contributed by atoms with van der Waals surface area (Å²) >= 11 is 0. The molecule has 0 aromatic carbocycles. The molecule has 2 nitrogen and oxygen atoms in total. The van der Waals surface area contributed by atoms with Crippen LogP contribution in [-0.4, -0.2) is 17.0 Å². The Hall–Kier alpha value is -0.370. The van der Waals surface area contributed by atoms with Gasteiger partial charge in [-0.2, -0.15) is 0 Å². The third-order valence-corrected chi connectivity index (χ3v) is 6.65. The van der Waals surface area contributed by atoms with Crippen molar-refractivity contribution in [1.29, 1.82) is 0 Å². The van der Waals surface area contributed by atoms with Crippen LogP contribution in [0.25, 0.3) is 0 Å². The summed E-state index contributed by atoms with van der Waals surface area (Å²) in [5, 5.41) is 10.7. The molecule has 4 bridgehead atoms. The van der Waals surface area contributed by atoms with Crippen LogP contribution in [0.5, 0.6) is 0 Å². The van der Waals surface area contributed by atoms with Gasteiger partial charge in [0, 0.05) is 23.7 Å². The number of hydrogen-bond donors (Lipinski definition) is 1. The zero-order valence-electron chi connectivity index (χ0n) is 11.4. The second-order valence-electron chi connectivity index (χ2n) is 7.77. The maximum atomic E-state index is 12.3. The van der Waals surface area contributed by atoms with Crippen LogP contribution in [0.3, 0.4) is 0 Å². The largest absolute Gasteiger partial charge is 0.392 e. The molecule has 0 aromatic rings. The number of ketones is 1. The maximum absolute atomic E-state index is 12.3. The van der Waals surface area contributed by atoms with E-state index in [4.69, 9.17) is 0 Å². The molecule has 3 aliphatic rings. The van der Waals surface area contributed by atoms with Gasteiger partial charge in [0.05, 0.1) is 6.10 Å². The van der Waals surface area contributed by atoms with E-state index in [1.54, 1.807) is 0 Å². The zero-order valence-corrected chi connectivity index (χ0v) is 11.4. The molecule has 3 aliphatic carbocycles. The Morgan fingerprint density at radius 3 is 2.41 bits per heavy atom. The van der Waals surface area contributed by atoms with Crippen LogP contribution in [0.15, 0.2) is 0 Å². The number of rotatable bonds is 0. The van der Waals surface area contributed by atoms with E-state index in [1.165, 1.54) is 6.42 Å². The first-order chi connectivity index (χ1) is 7.74. The third-order valence-electron chi connectivity index (χ3n) is 6.65. The Morgan fingerprint density at radius 1 is 1.12 bits per heavy atom. The molecule has 0 amide bonds. The molecule has 0 radical (unpaired) electrons. The first kappa shape index (κ1) is 11.7.